The van der Waals surface area contributed by atoms with E-state index >= 15 is 0 Å². The van der Waals surface area contributed by atoms with Crippen LogP contribution < -0.4 is 5.32 Å². The molecule has 0 fully saturated rings. The van der Waals surface area contributed by atoms with Gasteiger partial charge in [-0.3, -0.25) is 9.48 Å². The van der Waals surface area contributed by atoms with Crippen LogP contribution in [0.3, 0.4) is 0 Å². The molecule has 5 rings (SSSR count). The summed E-state index contributed by atoms with van der Waals surface area (Å²) < 4.78 is 30.4. The number of aliphatic hydroxyl groups is 1. The summed E-state index contributed by atoms with van der Waals surface area (Å²) in [6.45, 7) is 4.95. The maximum absolute atomic E-state index is 14.4. The van der Waals surface area contributed by atoms with E-state index < -0.39 is 29.2 Å². The number of nitrogens with zero attached hydrogens (tertiary/aromatic N) is 3. The molecule has 0 aliphatic carbocycles. The predicted octanol–water partition coefficient (Wildman–Crippen LogP) is 7.95. The van der Waals surface area contributed by atoms with Crippen LogP contribution in [-0.2, 0) is 24.7 Å². The van der Waals surface area contributed by atoms with Gasteiger partial charge in [0.15, 0.2) is 0 Å². The average molecular weight is 682 g/mol. The Morgan fingerprint density at radius 1 is 1.02 bits per heavy atom. The number of hydrogen-bond acceptors (Lipinski definition) is 4. The van der Waals surface area contributed by atoms with Crippen LogP contribution in [0.4, 0.5) is 8.78 Å². The molecular weight excluding hydrogens is 653 g/mol. The maximum Gasteiger partial charge on any atom is 0.225 e. The summed E-state index contributed by atoms with van der Waals surface area (Å²) in [5, 5.41) is 19.6. The zero-order chi connectivity index (χ0) is 33.3. The molecule has 0 spiro atoms. The molecule has 1 amide bonds. The van der Waals surface area contributed by atoms with Crippen LogP contribution in [0.15, 0.2) is 60.7 Å². The van der Waals surface area contributed by atoms with Gasteiger partial charge in [0.25, 0.3) is 0 Å². The zero-order valence-electron chi connectivity index (χ0n) is 25.4. The number of pyridine rings is 1. The molecule has 0 bridgehead atoms. The van der Waals surface area contributed by atoms with Crippen molar-refractivity contribution in [1.82, 2.24) is 20.1 Å². The second-order valence-electron chi connectivity index (χ2n) is 11.5. The second kappa shape index (κ2) is 13.4. The first-order chi connectivity index (χ1) is 21.7. The normalized spacial score (nSPS) is 12.1. The minimum absolute atomic E-state index is 0.0206. The lowest BCUT2D eigenvalue weighted by Gasteiger charge is -2.23. The molecule has 236 valence electrons. The predicted molar refractivity (Wildman–Crippen MR) is 178 cm³/mol. The Labute approximate surface area is 280 Å². The summed E-state index contributed by atoms with van der Waals surface area (Å²) in [5.41, 5.74) is 2.98. The van der Waals surface area contributed by atoms with E-state index in [9.17, 15) is 18.7 Å². The Hall–Kier alpha value is -4.00. The van der Waals surface area contributed by atoms with E-state index in [1.807, 2.05) is 13.0 Å². The number of hydrogen-bond donors (Lipinski definition) is 2. The standard InChI is InChI=1S/C35H29Cl3F2N4O2/c1-19-31-27(36)11-10-26(34(31)44(4)43-19)25-9-8-24(12-13-35(2,3)46)41-33(25)29(16-20-14-22(39)18-23(40)15-20)42-30(45)17-21-6-5-7-28(37)32(21)38/h5-11,14-15,18,29,46H,16-17H2,1-4H3,(H,42,45)/t29-/m0/s1. The molecule has 0 saturated heterocycles. The summed E-state index contributed by atoms with van der Waals surface area (Å²) in [6, 6.07) is 14.4. The van der Waals surface area contributed by atoms with Crippen LogP contribution in [0, 0.1) is 30.4 Å². The fraction of sp³-hybridized carbons (Fsp3) is 0.229. The second-order valence-corrected chi connectivity index (χ2v) is 12.6. The zero-order valence-corrected chi connectivity index (χ0v) is 27.6. The van der Waals surface area contributed by atoms with Crippen LogP contribution in [0.5, 0.6) is 0 Å². The third kappa shape index (κ3) is 7.51. The Morgan fingerprint density at radius 3 is 2.41 bits per heavy atom. The van der Waals surface area contributed by atoms with Crippen molar-refractivity contribution in [3.05, 3.63) is 116 Å². The first kappa shape index (κ1) is 33.4. The van der Waals surface area contributed by atoms with Crippen molar-refractivity contribution in [1.29, 1.82) is 0 Å². The number of rotatable bonds is 7. The number of carbonyl (C=O) groups is 1. The average Bonchev–Trinajstić information content (AvgIpc) is 3.27. The van der Waals surface area contributed by atoms with Crippen LogP contribution >= 0.6 is 34.8 Å². The molecule has 5 aromatic rings. The number of halogens is 5. The highest BCUT2D eigenvalue weighted by Crippen LogP contribution is 2.38. The van der Waals surface area contributed by atoms with Gasteiger partial charge in [0.05, 0.1) is 44.4 Å². The van der Waals surface area contributed by atoms with Gasteiger partial charge in [0, 0.05) is 29.6 Å². The Bertz CT molecular complexity index is 2020. The van der Waals surface area contributed by atoms with E-state index in [-0.39, 0.29) is 17.9 Å². The van der Waals surface area contributed by atoms with Gasteiger partial charge < -0.3 is 10.4 Å². The van der Waals surface area contributed by atoms with E-state index in [2.05, 4.69) is 22.3 Å². The van der Waals surface area contributed by atoms with Gasteiger partial charge in [-0.15, -0.1) is 0 Å². The van der Waals surface area contributed by atoms with Crippen molar-refractivity contribution < 1.29 is 18.7 Å². The first-order valence-electron chi connectivity index (χ1n) is 14.3. The smallest absolute Gasteiger partial charge is 0.225 e. The molecule has 0 unspecified atom stereocenters. The van der Waals surface area contributed by atoms with Gasteiger partial charge in [0.1, 0.15) is 22.9 Å². The van der Waals surface area contributed by atoms with Crippen LogP contribution in [0.25, 0.3) is 22.0 Å². The largest absolute Gasteiger partial charge is 0.378 e. The van der Waals surface area contributed by atoms with E-state index in [1.165, 1.54) is 12.1 Å². The summed E-state index contributed by atoms with van der Waals surface area (Å²) >= 11 is 19.2. The van der Waals surface area contributed by atoms with E-state index in [1.54, 1.807) is 62.0 Å². The summed E-state index contributed by atoms with van der Waals surface area (Å²) in [5.74, 6) is 3.72. The molecule has 0 saturated carbocycles. The number of amides is 1. The highest BCUT2D eigenvalue weighted by atomic mass is 35.5. The van der Waals surface area contributed by atoms with E-state index in [0.717, 1.165) is 28.2 Å². The number of aryl methyl sites for hydroxylation is 2. The van der Waals surface area contributed by atoms with Gasteiger partial charge >= 0.3 is 0 Å². The first-order valence-corrected chi connectivity index (χ1v) is 15.4. The topological polar surface area (TPSA) is 80.0 Å². The van der Waals surface area contributed by atoms with Gasteiger partial charge in [-0.1, -0.05) is 58.9 Å². The molecule has 46 heavy (non-hydrogen) atoms. The van der Waals surface area contributed by atoms with Crippen LogP contribution in [-0.4, -0.2) is 31.4 Å². The minimum Gasteiger partial charge on any atom is -0.378 e. The lowest BCUT2D eigenvalue weighted by molar-refractivity contribution is -0.121. The molecule has 2 aromatic heterocycles. The molecule has 11 heteroatoms. The SMILES string of the molecule is Cc1nn(C)c2c(-c3ccc(C#CC(C)(C)O)nc3[C@H](Cc3cc(F)cc(F)c3)NC(=O)Cc3cccc(Cl)c3Cl)ccc(Cl)c12. The third-order valence-electron chi connectivity index (χ3n) is 7.23. The number of fused-ring (bicyclic) bond motifs is 1. The number of nitrogens with one attached hydrogen (secondary N) is 1. The van der Waals surface area contributed by atoms with Gasteiger partial charge in [0.2, 0.25) is 5.91 Å². The van der Waals surface area contributed by atoms with Crippen molar-refractivity contribution in [3.63, 3.8) is 0 Å². The highest BCUT2D eigenvalue weighted by molar-refractivity contribution is 6.42. The monoisotopic (exact) mass is 680 g/mol. The van der Waals surface area contributed by atoms with Gasteiger partial charge in [-0.25, -0.2) is 13.8 Å². The molecule has 0 aliphatic rings. The van der Waals surface area contributed by atoms with Crippen LogP contribution in [0.1, 0.15) is 48.1 Å². The van der Waals surface area contributed by atoms with Crippen molar-refractivity contribution in [3.8, 4) is 23.0 Å². The molecule has 0 aliphatic heterocycles. The van der Waals surface area contributed by atoms with E-state index in [4.69, 9.17) is 39.8 Å². The molecule has 3 aromatic carbocycles. The number of carbonyl (C=O) groups excluding carboxylic acids is 1. The highest BCUT2D eigenvalue weighted by Gasteiger charge is 2.25. The molecule has 2 heterocycles. The molecule has 1 atom stereocenters. The van der Waals surface area contributed by atoms with Crippen molar-refractivity contribution in [2.75, 3.05) is 0 Å². The minimum atomic E-state index is -1.29. The molecule has 6 nitrogen and oxygen atoms in total. The Morgan fingerprint density at radius 2 is 1.72 bits per heavy atom. The summed E-state index contributed by atoms with van der Waals surface area (Å²) in [6.07, 6.45) is -0.139. The van der Waals surface area contributed by atoms with Gasteiger partial charge in [-0.2, -0.15) is 5.10 Å². The lowest BCUT2D eigenvalue weighted by atomic mass is 9.93. The Kier molecular flexibility index (Phi) is 9.71. The summed E-state index contributed by atoms with van der Waals surface area (Å²) in [4.78, 5) is 18.5. The van der Waals surface area contributed by atoms with Crippen molar-refractivity contribution >= 4 is 51.6 Å². The number of benzene rings is 3. The summed E-state index contributed by atoms with van der Waals surface area (Å²) in [7, 11) is 1.80. The van der Waals surface area contributed by atoms with Crippen molar-refractivity contribution in [2.24, 2.45) is 7.05 Å². The lowest BCUT2D eigenvalue weighted by Crippen LogP contribution is -2.32. The third-order valence-corrected chi connectivity index (χ3v) is 8.41. The van der Waals surface area contributed by atoms with Crippen LogP contribution in [0.2, 0.25) is 15.1 Å². The number of aromatic nitrogens is 3. The Balaban J connectivity index is 1.71. The quantitative estimate of drug-likeness (QED) is 0.171. The maximum atomic E-state index is 14.4. The van der Waals surface area contributed by atoms with E-state index in [0.29, 0.717) is 38.1 Å². The molecular formula is C35H29Cl3F2N4O2. The molecule has 0 radical (unpaired) electrons. The van der Waals surface area contributed by atoms with Gasteiger partial charge in [-0.05, 0) is 80.6 Å². The fourth-order valence-corrected chi connectivity index (χ4v) is 6.00. The molecule has 2 N–H and O–H groups in total. The van der Waals surface area contributed by atoms with Crippen molar-refractivity contribution in [2.45, 2.75) is 45.3 Å². The fourth-order valence-electron chi connectivity index (χ4n) is 5.33.